The summed E-state index contributed by atoms with van der Waals surface area (Å²) in [5, 5.41) is 9.41. The van der Waals surface area contributed by atoms with Crippen LogP contribution in [0.15, 0.2) is 24.3 Å². The molecule has 1 aromatic carbocycles. The Morgan fingerprint density at radius 1 is 1.47 bits per heavy atom. The second-order valence-electron chi connectivity index (χ2n) is 4.00. The van der Waals surface area contributed by atoms with E-state index < -0.39 is 6.04 Å². The van der Waals surface area contributed by atoms with Crippen LogP contribution < -0.4 is 10.6 Å². The number of amides is 1. The molecule has 0 aliphatic rings. The van der Waals surface area contributed by atoms with Gasteiger partial charge in [-0.15, -0.1) is 0 Å². The average molecular weight is 236 g/mol. The third-order valence-electron chi connectivity index (χ3n) is 2.64. The van der Waals surface area contributed by atoms with Crippen LogP contribution in [0.25, 0.3) is 0 Å². The van der Waals surface area contributed by atoms with Crippen LogP contribution in [0.1, 0.15) is 26.7 Å². The van der Waals surface area contributed by atoms with Crippen molar-refractivity contribution in [3.05, 3.63) is 24.3 Å². The highest BCUT2D eigenvalue weighted by Gasteiger charge is 2.20. The number of carbonyl (C=O) groups is 1. The SMILES string of the molecule is CCC[C@@H](N)C(=O)N(CC)c1cccc(O)c1. The molecule has 0 unspecified atom stereocenters. The summed E-state index contributed by atoms with van der Waals surface area (Å²) in [6.07, 6.45) is 1.55. The lowest BCUT2D eigenvalue weighted by molar-refractivity contribution is -0.119. The molecule has 1 atom stereocenters. The van der Waals surface area contributed by atoms with Crippen molar-refractivity contribution in [2.45, 2.75) is 32.7 Å². The van der Waals surface area contributed by atoms with E-state index in [-0.39, 0.29) is 11.7 Å². The normalized spacial score (nSPS) is 12.2. The maximum atomic E-state index is 12.1. The van der Waals surface area contributed by atoms with Crippen LogP contribution in [0, 0.1) is 0 Å². The fraction of sp³-hybridized carbons (Fsp3) is 0.462. The molecule has 0 aromatic heterocycles. The summed E-state index contributed by atoms with van der Waals surface area (Å²) in [7, 11) is 0. The zero-order chi connectivity index (χ0) is 12.8. The maximum absolute atomic E-state index is 12.1. The van der Waals surface area contributed by atoms with Gasteiger partial charge in [0.15, 0.2) is 0 Å². The molecule has 4 heteroatoms. The molecule has 0 spiro atoms. The Balaban J connectivity index is 2.88. The fourth-order valence-electron chi connectivity index (χ4n) is 1.76. The van der Waals surface area contributed by atoms with Gasteiger partial charge in [0.1, 0.15) is 5.75 Å². The minimum Gasteiger partial charge on any atom is -0.508 e. The van der Waals surface area contributed by atoms with Crippen LogP contribution >= 0.6 is 0 Å². The van der Waals surface area contributed by atoms with Gasteiger partial charge >= 0.3 is 0 Å². The lowest BCUT2D eigenvalue weighted by Crippen LogP contribution is -2.43. The second kappa shape index (κ2) is 6.25. The molecule has 0 fully saturated rings. The Morgan fingerprint density at radius 3 is 2.71 bits per heavy atom. The van der Waals surface area contributed by atoms with Crippen molar-refractivity contribution >= 4 is 11.6 Å². The number of anilines is 1. The van der Waals surface area contributed by atoms with Crippen LogP contribution in [0.3, 0.4) is 0 Å². The third kappa shape index (κ3) is 3.46. The first-order valence-electron chi connectivity index (χ1n) is 5.96. The van der Waals surface area contributed by atoms with Gasteiger partial charge in [0.2, 0.25) is 5.91 Å². The van der Waals surface area contributed by atoms with Gasteiger partial charge in [-0.3, -0.25) is 4.79 Å². The number of nitrogens with zero attached hydrogens (tertiary/aromatic N) is 1. The number of carbonyl (C=O) groups excluding carboxylic acids is 1. The van der Waals surface area contributed by atoms with E-state index in [1.54, 1.807) is 29.2 Å². The monoisotopic (exact) mass is 236 g/mol. The first-order valence-corrected chi connectivity index (χ1v) is 5.96. The number of likely N-dealkylation sites (N-methyl/N-ethyl adjacent to an activating group) is 1. The summed E-state index contributed by atoms with van der Waals surface area (Å²) in [5.74, 6) is 0.0535. The van der Waals surface area contributed by atoms with Gasteiger partial charge in [0.05, 0.1) is 6.04 Å². The van der Waals surface area contributed by atoms with Crippen molar-refractivity contribution in [2.75, 3.05) is 11.4 Å². The van der Waals surface area contributed by atoms with Gasteiger partial charge in [0, 0.05) is 18.3 Å². The topological polar surface area (TPSA) is 66.6 Å². The number of rotatable bonds is 5. The van der Waals surface area contributed by atoms with Gasteiger partial charge < -0.3 is 15.7 Å². The molecule has 1 aromatic rings. The predicted octanol–water partition coefficient (Wildman–Crippen LogP) is 1.87. The number of phenolic OH excluding ortho intramolecular Hbond substituents is 1. The molecule has 1 amide bonds. The van der Waals surface area contributed by atoms with E-state index in [1.807, 2.05) is 13.8 Å². The molecule has 1 rings (SSSR count). The van der Waals surface area contributed by atoms with Crippen LogP contribution in [0.4, 0.5) is 5.69 Å². The maximum Gasteiger partial charge on any atom is 0.243 e. The predicted molar refractivity (Wildman–Crippen MR) is 69.0 cm³/mol. The highest BCUT2D eigenvalue weighted by Crippen LogP contribution is 2.20. The van der Waals surface area contributed by atoms with Crippen molar-refractivity contribution in [3.8, 4) is 5.75 Å². The zero-order valence-electron chi connectivity index (χ0n) is 10.4. The van der Waals surface area contributed by atoms with Gasteiger partial charge in [-0.05, 0) is 25.5 Å². The van der Waals surface area contributed by atoms with Gasteiger partial charge in [-0.1, -0.05) is 19.4 Å². The fourth-order valence-corrected chi connectivity index (χ4v) is 1.76. The molecule has 0 aliphatic heterocycles. The van der Waals surface area contributed by atoms with E-state index in [0.29, 0.717) is 18.7 Å². The van der Waals surface area contributed by atoms with E-state index in [0.717, 1.165) is 6.42 Å². The molecule has 0 saturated heterocycles. The quantitative estimate of drug-likeness (QED) is 0.820. The van der Waals surface area contributed by atoms with Gasteiger partial charge in [-0.2, -0.15) is 0 Å². The summed E-state index contributed by atoms with van der Waals surface area (Å²) in [4.78, 5) is 13.7. The Hall–Kier alpha value is -1.55. The van der Waals surface area contributed by atoms with Crippen LogP contribution in [-0.2, 0) is 4.79 Å². The number of nitrogens with two attached hydrogens (primary N) is 1. The van der Waals surface area contributed by atoms with E-state index in [2.05, 4.69) is 0 Å². The van der Waals surface area contributed by atoms with Gasteiger partial charge in [-0.25, -0.2) is 0 Å². The molecule has 0 aliphatic carbocycles. The van der Waals surface area contributed by atoms with E-state index in [4.69, 9.17) is 5.73 Å². The lowest BCUT2D eigenvalue weighted by atomic mass is 10.1. The molecule has 3 N–H and O–H groups in total. The first-order chi connectivity index (χ1) is 8.10. The summed E-state index contributed by atoms with van der Waals surface area (Å²) in [6, 6.07) is 6.18. The van der Waals surface area contributed by atoms with E-state index in [1.165, 1.54) is 0 Å². The first kappa shape index (κ1) is 13.5. The lowest BCUT2D eigenvalue weighted by Gasteiger charge is -2.24. The van der Waals surface area contributed by atoms with Crippen LogP contribution in [-0.4, -0.2) is 23.6 Å². The molecular weight excluding hydrogens is 216 g/mol. The van der Waals surface area contributed by atoms with E-state index >= 15 is 0 Å². The molecule has 94 valence electrons. The summed E-state index contributed by atoms with van der Waals surface area (Å²) in [6.45, 7) is 4.43. The van der Waals surface area contributed by atoms with Crippen LogP contribution in [0.2, 0.25) is 0 Å². The highest BCUT2D eigenvalue weighted by molar-refractivity contribution is 5.97. The van der Waals surface area contributed by atoms with Gasteiger partial charge in [0.25, 0.3) is 0 Å². The number of hydrogen-bond donors (Lipinski definition) is 2. The number of hydrogen-bond acceptors (Lipinski definition) is 3. The average Bonchev–Trinajstić information content (AvgIpc) is 2.30. The molecular formula is C13H20N2O2. The van der Waals surface area contributed by atoms with Crippen LogP contribution in [0.5, 0.6) is 5.75 Å². The Labute approximate surface area is 102 Å². The summed E-state index contributed by atoms with van der Waals surface area (Å²) >= 11 is 0. The van der Waals surface area contributed by atoms with Crippen molar-refractivity contribution in [1.82, 2.24) is 0 Å². The number of phenols is 1. The molecule has 17 heavy (non-hydrogen) atoms. The molecule has 0 heterocycles. The van der Waals surface area contributed by atoms with Crippen molar-refractivity contribution in [3.63, 3.8) is 0 Å². The number of benzene rings is 1. The standard InChI is InChI=1S/C13H20N2O2/c1-3-6-12(14)13(17)15(4-2)10-7-5-8-11(16)9-10/h5,7-9,12,16H,3-4,6,14H2,1-2H3/t12-/m1/s1. The molecule has 0 saturated carbocycles. The Morgan fingerprint density at radius 2 is 2.18 bits per heavy atom. The Kier molecular flexibility index (Phi) is 4.97. The van der Waals surface area contributed by atoms with Crippen molar-refractivity contribution in [2.24, 2.45) is 5.73 Å². The van der Waals surface area contributed by atoms with Crippen molar-refractivity contribution in [1.29, 1.82) is 0 Å². The van der Waals surface area contributed by atoms with E-state index in [9.17, 15) is 9.90 Å². The second-order valence-corrected chi connectivity index (χ2v) is 4.00. The molecule has 0 radical (unpaired) electrons. The molecule has 4 nitrogen and oxygen atoms in total. The minimum absolute atomic E-state index is 0.0973. The zero-order valence-corrected chi connectivity index (χ0v) is 10.4. The highest BCUT2D eigenvalue weighted by atomic mass is 16.3. The number of aromatic hydroxyl groups is 1. The minimum atomic E-state index is -0.470. The summed E-state index contributed by atoms with van der Waals surface area (Å²) < 4.78 is 0. The smallest absolute Gasteiger partial charge is 0.243 e. The van der Waals surface area contributed by atoms with Crippen molar-refractivity contribution < 1.29 is 9.90 Å². The largest absolute Gasteiger partial charge is 0.508 e. The third-order valence-corrected chi connectivity index (χ3v) is 2.64. The Bertz CT molecular complexity index is 379. The molecule has 0 bridgehead atoms. The summed E-state index contributed by atoms with van der Waals surface area (Å²) in [5.41, 5.74) is 6.51.